The summed E-state index contributed by atoms with van der Waals surface area (Å²) in [6, 6.07) is 3.14. The highest BCUT2D eigenvalue weighted by molar-refractivity contribution is 5.38. The fourth-order valence-electron chi connectivity index (χ4n) is 2.17. The van der Waals surface area contributed by atoms with Gasteiger partial charge in [0.25, 0.3) is 0 Å². The van der Waals surface area contributed by atoms with E-state index in [2.05, 4.69) is 9.88 Å². The fraction of sp³-hybridized carbons (Fsp3) is 0.583. The van der Waals surface area contributed by atoms with Crippen molar-refractivity contribution in [3.63, 3.8) is 0 Å². The number of aromatic nitrogens is 1. The second-order valence-electron chi connectivity index (χ2n) is 4.40. The van der Waals surface area contributed by atoms with Gasteiger partial charge >= 0.3 is 0 Å². The van der Waals surface area contributed by atoms with Crippen LogP contribution in [0.3, 0.4) is 0 Å². The lowest BCUT2D eigenvalue weighted by Gasteiger charge is -2.33. The summed E-state index contributed by atoms with van der Waals surface area (Å²) in [5.74, 6) is 0.907. The van der Waals surface area contributed by atoms with Gasteiger partial charge in [0.05, 0.1) is 12.3 Å². The first-order valence-electron chi connectivity index (χ1n) is 5.71. The second-order valence-corrected chi connectivity index (χ2v) is 4.40. The molecule has 1 aliphatic rings. The van der Waals surface area contributed by atoms with Crippen LogP contribution in [0.2, 0.25) is 0 Å². The standard InChI is InChI=1S/C12H17FN2O/c1-9(16)10-4-6-15(7-5-10)12-3-2-11(13)8-14-12/h2-3,8-10,16H,4-7H2,1H3/t9-/m0/s1. The minimum Gasteiger partial charge on any atom is -0.393 e. The zero-order chi connectivity index (χ0) is 11.5. The molecule has 0 radical (unpaired) electrons. The third kappa shape index (κ3) is 2.50. The lowest BCUT2D eigenvalue weighted by molar-refractivity contribution is 0.110. The Morgan fingerprint density at radius 2 is 2.12 bits per heavy atom. The Hall–Kier alpha value is -1.16. The van der Waals surface area contributed by atoms with Crippen molar-refractivity contribution in [2.75, 3.05) is 18.0 Å². The van der Waals surface area contributed by atoms with Gasteiger partial charge < -0.3 is 10.0 Å². The molecule has 1 aromatic rings. The van der Waals surface area contributed by atoms with Gasteiger partial charge in [-0.25, -0.2) is 9.37 Å². The van der Waals surface area contributed by atoms with Crippen LogP contribution >= 0.6 is 0 Å². The van der Waals surface area contributed by atoms with Crippen molar-refractivity contribution in [2.24, 2.45) is 5.92 Å². The first-order valence-corrected chi connectivity index (χ1v) is 5.71. The third-order valence-electron chi connectivity index (χ3n) is 3.26. The fourth-order valence-corrected chi connectivity index (χ4v) is 2.17. The summed E-state index contributed by atoms with van der Waals surface area (Å²) in [5.41, 5.74) is 0. The molecule has 1 atom stereocenters. The molecule has 1 aromatic heterocycles. The van der Waals surface area contributed by atoms with Crippen LogP contribution in [0.5, 0.6) is 0 Å². The number of piperidine rings is 1. The van der Waals surface area contributed by atoms with E-state index >= 15 is 0 Å². The number of halogens is 1. The molecular weight excluding hydrogens is 207 g/mol. The zero-order valence-corrected chi connectivity index (χ0v) is 9.43. The molecule has 1 aliphatic heterocycles. The van der Waals surface area contributed by atoms with Crippen LogP contribution in [0.1, 0.15) is 19.8 Å². The number of rotatable bonds is 2. The molecule has 0 saturated carbocycles. The van der Waals surface area contributed by atoms with Crippen molar-refractivity contribution in [2.45, 2.75) is 25.9 Å². The minimum absolute atomic E-state index is 0.233. The number of hydrogen-bond acceptors (Lipinski definition) is 3. The normalized spacial score (nSPS) is 19.8. The van der Waals surface area contributed by atoms with Gasteiger partial charge in [0, 0.05) is 13.1 Å². The van der Waals surface area contributed by atoms with E-state index in [9.17, 15) is 9.50 Å². The number of pyridine rings is 1. The zero-order valence-electron chi connectivity index (χ0n) is 9.43. The van der Waals surface area contributed by atoms with Gasteiger partial charge in [0.15, 0.2) is 0 Å². The summed E-state index contributed by atoms with van der Waals surface area (Å²) < 4.78 is 12.7. The molecular formula is C12H17FN2O. The van der Waals surface area contributed by atoms with E-state index in [1.54, 1.807) is 6.07 Å². The Morgan fingerprint density at radius 3 is 2.62 bits per heavy atom. The summed E-state index contributed by atoms with van der Waals surface area (Å²) in [6.07, 6.45) is 2.95. The van der Waals surface area contributed by atoms with Crippen LogP contribution in [-0.4, -0.2) is 29.3 Å². The number of aliphatic hydroxyl groups excluding tert-OH is 1. The summed E-state index contributed by atoms with van der Waals surface area (Å²) in [4.78, 5) is 6.20. The summed E-state index contributed by atoms with van der Waals surface area (Å²) in [7, 11) is 0. The molecule has 1 N–H and O–H groups in total. The number of nitrogens with zero attached hydrogens (tertiary/aromatic N) is 2. The van der Waals surface area contributed by atoms with Gasteiger partial charge in [-0.2, -0.15) is 0 Å². The van der Waals surface area contributed by atoms with Crippen molar-refractivity contribution in [3.05, 3.63) is 24.1 Å². The average molecular weight is 224 g/mol. The van der Waals surface area contributed by atoms with Crippen LogP contribution in [0.4, 0.5) is 10.2 Å². The Bertz CT molecular complexity index is 331. The molecule has 0 aromatic carbocycles. The molecule has 0 unspecified atom stereocenters. The maximum Gasteiger partial charge on any atom is 0.141 e. The molecule has 88 valence electrons. The lowest BCUT2D eigenvalue weighted by Crippen LogP contribution is -2.37. The molecule has 2 rings (SSSR count). The molecule has 4 heteroatoms. The number of aliphatic hydroxyl groups is 1. The molecule has 0 aliphatic carbocycles. The molecule has 16 heavy (non-hydrogen) atoms. The molecule has 1 fully saturated rings. The monoisotopic (exact) mass is 224 g/mol. The van der Waals surface area contributed by atoms with Crippen molar-refractivity contribution in [3.8, 4) is 0 Å². The van der Waals surface area contributed by atoms with Crippen LogP contribution in [0.25, 0.3) is 0 Å². The first kappa shape index (κ1) is 11.3. The van der Waals surface area contributed by atoms with Gasteiger partial charge in [-0.15, -0.1) is 0 Å². The van der Waals surface area contributed by atoms with Crippen molar-refractivity contribution in [1.82, 2.24) is 4.98 Å². The highest BCUT2D eigenvalue weighted by atomic mass is 19.1. The number of anilines is 1. The quantitative estimate of drug-likeness (QED) is 0.832. The first-order chi connectivity index (χ1) is 7.66. The highest BCUT2D eigenvalue weighted by Gasteiger charge is 2.23. The van der Waals surface area contributed by atoms with E-state index in [0.29, 0.717) is 5.92 Å². The van der Waals surface area contributed by atoms with Gasteiger partial charge in [-0.1, -0.05) is 0 Å². The maximum absolute atomic E-state index is 12.7. The minimum atomic E-state index is -0.303. The van der Waals surface area contributed by atoms with Gasteiger partial charge in [-0.05, 0) is 37.8 Å². The third-order valence-corrected chi connectivity index (χ3v) is 3.26. The average Bonchev–Trinajstić information content (AvgIpc) is 2.30. The second kappa shape index (κ2) is 4.78. The predicted molar refractivity (Wildman–Crippen MR) is 60.8 cm³/mol. The van der Waals surface area contributed by atoms with Gasteiger partial charge in [-0.3, -0.25) is 0 Å². The predicted octanol–water partition coefficient (Wildman–Crippen LogP) is 1.82. The Kier molecular flexibility index (Phi) is 3.39. The highest BCUT2D eigenvalue weighted by Crippen LogP contribution is 2.23. The van der Waals surface area contributed by atoms with E-state index < -0.39 is 0 Å². The van der Waals surface area contributed by atoms with Crippen LogP contribution in [0.15, 0.2) is 18.3 Å². The van der Waals surface area contributed by atoms with Crippen LogP contribution < -0.4 is 4.90 Å². The van der Waals surface area contributed by atoms with Crippen molar-refractivity contribution < 1.29 is 9.50 Å². The Morgan fingerprint density at radius 1 is 1.44 bits per heavy atom. The number of hydrogen-bond donors (Lipinski definition) is 1. The Labute approximate surface area is 94.9 Å². The van der Waals surface area contributed by atoms with Crippen molar-refractivity contribution in [1.29, 1.82) is 0 Å². The summed E-state index contributed by atoms with van der Waals surface area (Å²) >= 11 is 0. The van der Waals surface area contributed by atoms with E-state index in [4.69, 9.17) is 0 Å². The van der Waals surface area contributed by atoms with Gasteiger partial charge in [0.1, 0.15) is 11.6 Å². The van der Waals surface area contributed by atoms with Crippen LogP contribution in [0, 0.1) is 11.7 Å². The van der Waals surface area contributed by atoms with Crippen LogP contribution in [-0.2, 0) is 0 Å². The molecule has 1 saturated heterocycles. The SMILES string of the molecule is C[C@H](O)C1CCN(c2ccc(F)cn2)CC1. The maximum atomic E-state index is 12.7. The largest absolute Gasteiger partial charge is 0.393 e. The van der Waals surface area contributed by atoms with E-state index in [0.717, 1.165) is 31.7 Å². The molecule has 2 heterocycles. The molecule has 3 nitrogen and oxygen atoms in total. The molecule has 0 spiro atoms. The van der Waals surface area contributed by atoms with Gasteiger partial charge in [0.2, 0.25) is 0 Å². The van der Waals surface area contributed by atoms with E-state index in [1.165, 1.54) is 12.3 Å². The van der Waals surface area contributed by atoms with E-state index in [-0.39, 0.29) is 11.9 Å². The smallest absolute Gasteiger partial charge is 0.141 e. The molecule has 0 bridgehead atoms. The van der Waals surface area contributed by atoms with E-state index in [1.807, 2.05) is 6.92 Å². The van der Waals surface area contributed by atoms with Crippen molar-refractivity contribution >= 4 is 5.82 Å². The summed E-state index contributed by atoms with van der Waals surface area (Å²) in [5, 5.41) is 9.49. The summed E-state index contributed by atoms with van der Waals surface area (Å²) in [6.45, 7) is 3.61. The molecule has 0 amide bonds. The lowest BCUT2D eigenvalue weighted by atomic mass is 9.92. The topological polar surface area (TPSA) is 36.4 Å². The Balaban J connectivity index is 1.96.